The molecule has 1 aromatic carbocycles. The number of likely N-dealkylation sites (N-methyl/N-ethyl adjacent to an activating group) is 1. The predicted molar refractivity (Wildman–Crippen MR) is 112 cm³/mol. The summed E-state index contributed by atoms with van der Waals surface area (Å²) in [5, 5.41) is 14.6. The van der Waals surface area contributed by atoms with Gasteiger partial charge >= 0.3 is 0 Å². The molecule has 1 aromatic rings. The molecule has 0 bridgehead atoms. The van der Waals surface area contributed by atoms with Crippen molar-refractivity contribution in [3.05, 3.63) is 48.6 Å². The number of amides is 3. The highest BCUT2D eigenvalue weighted by Crippen LogP contribution is 2.36. The second-order valence-electron chi connectivity index (χ2n) is 7.90. The van der Waals surface area contributed by atoms with Crippen LogP contribution in [-0.4, -0.2) is 36.0 Å². The van der Waals surface area contributed by atoms with Gasteiger partial charge < -0.3 is 10.6 Å². The molecule has 0 spiro atoms. The molecule has 0 aliphatic carbocycles. The maximum atomic E-state index is 13.3. The molecule has 4 N–H and O–H groups in total. The van der Waals surface area contributed by atoms with Gasteiger partial charge in [0.2, 0.25) is 17.7 Å². The zero-order chi connectivity index (χ0) is 22.0. The van der Waals surface area contributed by atoms with Gasteiger partial charge in [-0.1, -0.05) is 50.3 Å². The van der Waals surface area contributed by atoms with E-state index in [9.17, 15) is 19.6 Å². The minimum absolute atomic E-state index is 0.119. The van der Waals surface area contributed by atoms with Gasteiger partial charge in [0.1, 0.15) is 6.04 Å². The Morgan fingerprint density at radius 2 is 1.79 bits per heavy atom. The summed E-state index contributed by atoms with van der Waals surface area (Å²) in [6.07, 6.45) is 2.49. The monoisotopic (exact) mass is 403 g/mol. The quantitative estimate of drug-likeness (QED) is 0.258. The number of carbonyl (C=O) groups is 3. The lowest BCUT2D eigenvalue weighted by Gasteiger charge is -2.35. The summed E-state index contributed by atoms with van der Waals surface area (Å²) in [4.78, 5) is 38.1. The van der Waals surface area contributed by atoms with E-state index in [0.717, 1.165) is 5.56 Å². The molecule has 0 saturated carbocycles. The van der Waals surface area contributed by atoms with Crippen LogP contribution in [0, 0.1) is 17.3 Å². The van der Waals surface area contributed by atoms with Crippen LogP contribution in [0.25, 0.3) is 0 Å². The fourth-order valence-corrected chi connectivity index (χ4v) is 3.45. The Hall–Kier alpha value is -2.67. The van der Waals surface area contributed by atoms with Gasteiger partial charge in [-0.2, -0.15) is 0 Å². The standard InChI is InChI=1S/C22H33N3O4/c1-6-12-22(4,21(28)25-29)17(13-15(2)3)19(26)24-18(20(27)23-5)14-16-10-8-7-9-11-16/h6-11,15,17-18,29H,1,12-14H2,2-5H3,(H,23,27)(H,24,26)(H,25,28)/t17-,18-,22+/m0/s1. The van der Waals surface area contributed by atoms with E-state index < -0.39 is 29.2 Å². The molecule has 0 radical (unpaired) electrons. The smallest absolute Gasteiger partial charge is 0.250 e. The molecule has 3 amide bonds. The fourth-order valence-electron chi connectivity index (χ4n) is 3.45. The van der Waals surface area contributed by atoms with Gasteiger partial charge in [0.15, 0.2) is 0 Å². The molecular formula is C22H33N3O4. The van der Waals surface area contributed by atoms with Crippen LogP contribution >= 0.6 is 0 Å². The van der Waals surface area contributed by atoms with Crippen molar-refractivity contribution >= 4 is 17.7 Å². The Kier molecular flexibility index (Phi) is 9.55. The lowest BCUT2D eigenvalue weighted by molar-refractivity contribution is -0.148. The first kappa shape index (κ1) is 24.4. The molecule has 1 rings (SSSR count). The van der Waals surface area contributed by atoms with Crippen molar-refractivity contribution in [3.8, 4) is 0 Å². The highest BCUT2D eigenvalue weighted by Gasteiger charge is 2.45. The van der Waals surface area contributed by atoms with Crippen LogP contribution in [0.2, 0.25) is 0 Å². The van der Waals surface area contributed by atoms with Crippen molar-refractivity contribution in [3.63, 3.8) is 0 Å². The summed E-state index contributed by atoms with van der Waals surface area (Å²) in [5.41, 5.74) is 1.38. The Bertz CT molecular complexity index is 705. The first-order chi connectivity index (χ1) is 13.7. The van der Waals surface area contributed by atoms with Gasteiger partial charge in [0.05, 0.1) is 11.3 Å². The number of allylic oxidation sites excluding steroid dienone is 1. The van der Waals surface area contributed by atoms with Crippen molar-refractivity contribution in [1.82, 2.24) is 16.1 Å². The van der Waals surface area contributed by atoms with Crippen LogP contribution in [-0.2, 0) is 20.8 Å². The molecular weight excluding hydrogens is 370 g/mol. The highest BCUT2D eigenvalue weighted by atomic mass is 16.5. The second kappa shape index (κ2) is 11.4. The van der Waals surface area contributed by atoms with Gasteiger partial charge in [-0.15, -0.1) is 6.58 Å². The third-order valence-corrected chi connectivity index (χ3v) is 5.14. The van der Waals surface area contributed by atoms with Gasteiger partial charge in [-0.3, -0.25) is 19.6 Å². The number of benzene rings is 1. The Morgan fingerprint density at radius 1 is 1.17 bits per heavy atom. The molecule has 0 heterocycles. The average Bonchev–Trinajstić information content (AvgIpc) is 2.70. The Labute approximate surface area is 172 Å². The summed E-state index contributed by atoms with van der Waals surface area (Å²) in [6, 6.07) is 8.60. The van der Waals surface area contributed by atoms with Crippen molar-refractivity contribution in [1.29, 1.82) is 0 Å². The molecule has 7 heteroatoms. The lowest BCUT2D eigenvalue weighted by atomic mass is 9.70. The van der Waals surface area contributed by atoms with Crippen LogP contribution in [0.1, 0.15) is 39.2 Å². The summed E-state index contributed by atoms with van der Waals surface area (Å²) in [6.45, 7) is 9.21. The topological polar surface area (TPSA) is 108 Å². The molecule has 3 atom stereocenters. The molecule has 0 aliphatic rings. The molecule has 0 saturated heterocycles. The van der Waals surface area contributed by atoms with Crippen LogP contribution in [0.5, 0.6) is 0 Å². The Morgan fingerprint density at radius 3 is 2.28 bits per heavy atom. The zero-order valence-electron chi connectivity index (χ0n) is 17.7. The molecule has 0 aromatic heterocycles. The molecule has 7 nitrogen and oxygen atoms in total. The summed E-state index contributed by atoms with van der Waals surface area (Å²) in [5.74, 6) is -2.01. The normalized spacial score (nSPS) is 15.0. The lowest BCUT2D eigenvalue weighted by Crippen LogP contribution is -2.54. The van der Waals surface area contributed by atoms with Crippen molar-refractivity contribution < 1.29 is 19.6 Å². The molecule has 160 valence electrons. The van der Waals surface area contributed by atoms with Crippen LogP contribution < -0.4 is 16.1 Å². The minimum Gasteiger partial charge on any atom is -0.357 e. The second-order valence-corrected chi connectivity index (χ2v) is 7.90. The number of hydroxylamine groups is 1. The van der Waals surface area contributed by atoms with E-state index in [-0.39, 0.29) is 18.2 Å². The van der Waals surface area contributed by atoms with Crippen LogP contribution in [0.15, 0.2) is 43.0 Å². The van der Waals surface area contributed by atoms with E-state index >= 15 is 0 Å². The first-order valence-electron chi connectivity index (χ1n) is 9.80. The van der Waals surface area contributed by atoms with Crippen molar-refractivity contribution in [2.75, 3.05) is 7.05 Å². The van der Waals surface area contributed by atoms with Gasteiger partial charge in [-0.05, 0) is 31.2 Å². The minimum atomic E-state index is -1.20. The van der Waals surface area contributed by atoms with E-state index in [4.69, 9.17) is 0 Å². The average molecular weight is 404 g/mol. The number of hydrogen-bond acceptors (Lipinski definition) is 4. The fraction of sp³-hybridized carbons (Fsp3) is 0.500. The van der Waals surface area contributed by atoms with Crippen molar-refractivity contribution in [2.45, 2.75) is 46.1 Å². The third-order valence-electron chi connectivity index (χ3n) is 5.14. The largest absolute Gasteiger partial charge is 0.357 e. The summed E-state index contributed by atoms with van der Waals surface area (Å²) < 4.78 is 0. The number of nitrogens with one attached hydrogen (secondary N) is 3. The van der Waals surface area contributed by atoms with Crippen molar-refractivity contribution in [2.24, 2.45) is 17.3 Å². The summed E-state index contributed by atoms with van der Waals surface area (Å²) in [7, 11) is 1.51. The molecule has 0 aliphatic heterocycles. The number of rotatable bonds is 11. The predicted octanol–water partition coefficient (Wildman–Crippen LogP) is 2.21. The van der Waals surface area contributed by atoms with Gasteiger partial charge in [0, 0.05) is 13.5 Å². The third kappa shape index (κ3) is 6.71. The van der Waals surface area contributed by atoms with Crippen LogP contribution in [0.4, 0.5) is 0 Å². The zero-order valence-corrected chi connectivity index (χ0v) is 17.7. The van der Waals surface area contributed by atoms with E-state index in [1.54, 1.807) is 18.5 Å². The molecule has 0 unspecified atom stereocenters. The molecule has 29 heavy (non-hydrogen) atoms. The number of carbonyl (C=O) groups excluding carboxylic acids is 3. The maximum absolute atomic E-state index is 13.3. The van der Waals surface area contributed by atoms with Gasteiger partial charge in [0.25, 0.3) is 0 Å². The highest BCUT2D eigenvalue weighted by molar-refractivity contribution is 5.93. The van der Waals surface area contributed by atoms with E-state index in [1.807, 2.05) is 44.2 Å². The molecule has 0 fully saturated rings. The number of hydrogen-bond donors (Lipinski definition) is 4. The van der Waals surface area contributed by atoms with E-state index in [2.05, 4.69) is 17.2 Å². The van der Waals surface area contributed by atoms with Gasteiger partial charge in [-0.25, -0.2) is 5.48 Å². The van der Waals surface area contributed by atoms with E-state index in [1.165, 1.54) is 7.05 Å². The van der Waals surface area contributed by atoms with Crippen LogP contribution in [0.3, 0.4) is 0 Å². The maximum Gasteiger partial charge on any atom is 0.250 e. The SMILES string of the molecule is C=CC[C@@](C)(C(=O)NO)[C@@H](CC(C)C)C(=O)N[C@@H](Cc1ccccc1)C(=O)NC. The van der Waals surface area contributed by atoms with E-state index in [0.29, 0.717) is 12.8 Å². The summed E-state index contributed by atoms with van der Waals surface area (Å²) >= 11 is 0. The Balaban J connectivity index is 3.19. The first-order valence-corrected chi connectivity index (χ1v) is 9.80.